The average molecular weight is 261 g/mol. The first-order valence-electron chi connectivity index (χ1n) is 6.58. The second-order valence-corrected chi connectivity index (χ2v) is 4.70. The fourth-order valence-corrected chi connectivity index (χ4v) is 2.23. The molecule has 0 spiro atoms. The van der Waals surface area contributed by atoms with Crippen LogP contribution in [0.5, 0.6) is 0 Å². The Morgan fingerprint density at radius 1 is 1.32 bits per heavy atom. The van der Waals surface area contributed by atoms with Gasteiger partial charge >= 0.3 is 0 Å². The maximum absolute atomic E-state index is 13.0. The van der Waals surface area contributed by atoms with Gasteiger partial charge in [-0.2, -0.15) is 5.10 Å². The highest BCUT2D eigenvalue weighted by Crippen LogP contribution is 2.19. The van der Waals surface area contributed by atoms with E-state index in [0.717, 1.165) is 24.1 Å². The SMILES string of the molecule is CCc1cc(CC(NC)c2ccc(F)cc2)n(C)n1. The zero-order chi connectivity index (χ0) is 13.8. The Balaban J connectivity index is 2.18. The predicted molar refractivity (Wildman–Crippen MR) is 74.5 cm³/mol. The summed E-state index contributed by atoms with van der Waals surface area (Å²) in [6.45, 7) is 2.10. The van der Waals surface area contributed by atoms with Gasteiger partial charge in [-0.1, -0.05) is 19.1 Å². The van der Waals surface area contributed by atoms with E-state index in [1.165, 1.54) is 17.8 Å². The van der Waals surface area contributed by atoms with Crippen molar-refractivity contribution in [3.8, 4) is 0 Å². The summed E-state index contributed by atoms with van der Waals surface area (Å²) in [6.07, 6.45) is 1.78. The molecule has 19 heavy (non-hydrogen) atoms. The number of aromatic nitrogens is 2. The van der Waals surface area contributed by atoms with Crippen molar-refractivity contribution in [2.45, 2.75) is 25.8 Å². The highest BCUT2D eigenvalue weighted by atomic mass is 19.1. The molecule has 0 bridgehead atoms. The van der Waals surface area contributed by atoms with Crippen molar-refractivity contribution in [1.82, 2.24) is 15.1 Å². The summed E-state index contributed by atoms with van der Waals surface area (Å²) in [6, 6.07) is 8.95. The number of hydrogen-bond donors (Lipinski definition) is 1. The quantitative estimate of drug-likeness (QED) is 0.896. The summed E-state index contributed by atoms with van der Waals surface area (Å²) >= 11 is 0. The number of halogens is 1. The minimum absolute atomic E-state index is 0.167. The van der Waals surface area contributed by atoms with Gasteiger partial charge in [0, 0.05) is 25.2 Å². The lowest BCUT2D eigenvalue weighted by Crippen LogP contribution is -2.20. The number of nitrogens with zero attached hydrogens (tertiary/aromatic N) is 2. The molecule has 1 unspecified atom stereocenters. The number of rotatable bonds is 5. The molecule has 102 valence electrons. The Morgan fingerprint density at radius 3 is 2.53 bits per heavy atom. The molecule has 1 heterocycles. The van der Waals surface area contributed by atoms with Crippen LogP contribution in [0.15, 0.2) is 30.3 Å². The second kappa shape index (κ2) is 5.97. The van der Waals surface area contributed by atoms with E-state index in [9.17, 15) is 4.39 Å². The summed E-state index contributed by atoms with van der Waals surface area (Å²) in [4.78, 5) is 0. The van der Waals surface area contributed by atoms with E-state index in [-0.39, 0.29) is 11.9 Å². The largest absolute Gasteiger partial charge is 0.313 e. The Kier molecular flexibility index (Phi) is 4.32. The van der Waals surface area contributed by atoms with Gasteiger partial charge in [-0.3, -0.25) is 4.68 Å². The summed E-state index contributed by atoms with van der Waals surface area (Å²) in [5.41, 5.74) is 3.37. The van der Waals surface area contributed by atoms with Gasteiger partial charge in [0.2, 0.25) is 0 Å². The molecule has 0 aliphatic heterocycles. The Hall–Kier alpha value is -1.68. The third kappa shape index (κ3) is 3.20. The summed E-state index contributed by atoms with van der Waals surface area (Å²) in [5.74, 6) is -0.201. The lowest BCUT2D eigenvalue weighted by molar-refractivity contribution is 0.558. The molecule has 3 nitrogen and oxygen atoms in total. The Bertz CT molecular complexity index is 531. The third-order valence-corrected chi connectivity index (χ3v) is 3.42. The van der Waals surface area contributed by atoms with Gasteiger partial charge in [0.15, 0.2) is 0 Å². The van der Waals surface area contributed by atoms with Crippen LogP contribution in [0.3, 0.4) is 0 Å². The van der Waals surface area contributed by atoms with Crippen molar-refractivity contribution < 1.29 is 4.39 Å². The van der Waals surface area contributed by atoms with Crippen molar-refractivity contribution in [3.63, 3.8) is 0 Å². The first kappa shape index (κ1) is 13.7. The van der Waals surface area contributed by atoms with Crippen LogP contribution in [0, 0.1) is 5.82 Å². The molecule has 4 heteroatoms. The van der Waals surface area contributed by atoms with Crippen LogP contribution in [0.1, 0.15) is 29.9 Å². The molecular formula is C15H20FN3. The monoisotopic (exact) mass is 261 g/mol. The highest BCUT2D eigenvalue weighted by molar-refractivity contribution is 5.22. The van der Waals surface area contributed by atoms with Gasteiger partial charge in [0.25, 0.3) is 0 Å². The normalized spacial score (nSPS) is 12.6. The van der Waals surface area contributed by atoms with Crippen molar-refractivity contribution >= 4 is 0 Å². The number of likely N-dealkylation sites (N-methyl/N-ethyl adjacent to an activating group) is 1. The standard InChI is InChI=1S/C15H20FN3/c1-4-13-9-14(19(3)18-13)10-15(17-2)11-5-7-12(16)8-6-11/h5-9,15,17H,4,10H2,1-3H3. The zero-order valence-corrected chi connectivity index (χ0v) is 11.7. The van der Waals surface area contributed by atoms with Crippen LogP contribution in [-0.2, 0) is 19.9 Å². The smallest absolute Gasteiger partial charge is 0.123 e. The maximum atomic E-state index is 13.0. The van der Waals surface area contributed by atoms with Crippen LogP contribution < -0.4 is 5.32 Å². The number of benzene rings is 1. The Morgan fingerprint density at radius 2 is 2.00 bits per heavy atom. The predicted octanol–water partition coefficient (Wildman–Crippen LogP) is 2.62. The van der Waals surface area contributed by atoms with Crippen molar-refractivity contribution in [2.75, 3.05) is 7.05 Å². The number of aryl methyl sites for hydroxylation is 2. The van der Waals surface area contributed by atoms with Gasteiger partial charge in [0.05, 0.1) is 5.69 Å². The molecule has 1 N–H and O–H groups in total. The van der Waals surface area contributed by atoms with Crippen LogP contribution in [0.4, 0.5) is 4.39 Å². The van der Waals surface area contributed by atoms with Gasteiger partial charge in [-0.25, -0.2) is 4.39 Å². The first-order chi connectivity index (χ1) is 9.13. The molecule has 1 aromatic carbocycles. The molecule has 1 atom stereocenters. The molecule has 0 aliphatic carbocycles. The first-order valence-corrected chi connectivity index (χ1v) is 6.58. The van der Waals surface area contributed by atoms with Crippen LogP contribution in [0.2, 0.25) is 0 Å². The van der Waals surface area contributed by atoms with E-state index in [0.29, 0.717) is 0 Å². The summed E-state index contributed by atoms with van der Waals surface area (Å²) in [5, 5.41) is 7.73. The van der Waals surface area contributed by atoms with Gasteiger partial charge in [0.1, 0.15) is 5.82 Å². The minimum atomic E-state index is -0.201. The molecule has 2 aromatic rings. The molecule has 0 fully saturated rings. The van der Waals surface area contributed by atoms with Crippen molar-refractivity contribution in [3.05, 3.63) is 53.1 Å². The topological polar surface area (TPSA) is 29.9 Å². The zero-order valence-electron chi connectivity index (χ0n) is 11.7. The fourth-order valence-electron chi connectivity index (χ4n) is 2.23. The lowest BCUT2D eigenvalue weighted by Gasteiger charge is -2.16. The molecular weight excluding hydrogens is 241 g/mol. The van der Waals surface area contributed by atoms with E-state index >= 15 is 0 Å². The van der Waals surface area contributed by atoms with E-state index in [4.69, 9.17) is 0 Å². The van der Waals surface area contributed by atoms with Crippen LogP contribution in [-0.4, -0.2) is 16.8 Å². The number of nitrogens with one attached hydrogen (secondary N) is 1. The lowest BCUT2D eigenvalue weighted by atomic mass is 10.0. The highest BCUT2D eigenvalue weighted by Gasteiger charge is 2.13. The third-order valence-electron chi connectivity index (χ3n) is 3.42. The molecule has 1 aromatic heterocycles. The van der Waals surface area contributed by atoms with Crippen LogP contribution >= 0.6 is 0 Å². The summed E-state index contributed by atoms with van der Waals surface area (Å²) < 4.78 is 14.9. The maximum Gasteiger partial charge on any atom is 0.123 e. The molecule has 0 amide bonds. The van der Waals surface area contributed by atoms with E-state index < -0.39 is 0 Å². The van der Waals surface area contributed by atoms with E-state index in [1.807, 2.05) is 30.9 Å². The second-order valence-electron chi connectivity index (χ2n) is 4.70. The summed E-state index contributed by atoms with van der Waals surface area (Å²) in [7, 11) is 3.89. The average Bonchev–Trinajstić information content (AvgIpc) is 2.78. The molecule has 2 rings (SSSR count). The van der Waals surface area contributed by atoms with Crippen molar-refractivity contribution in [2.24, 2.45) is 7.05 Å². The molecule has 0 saturated carbocycles. The fraction of sp³-hybridized carbons (Fsp3) is 0.400. The van der Waals surface area contributed by atoms with Gasteiger partial charge < -0.3 is 5.32 Å². The molecule has 0 radical (unpaired) electrons. The minimum Gasteiger partial charge on any atom is -0.313 e. The van der Waals surface area contributed by atoms with Gasteiger partial charge in [-0.05, 0) is 37.2 Å². The van der Waals surface area contributed by atoms with Gasteiger partial charge in [-0.15, -0.1) is 0 Å². The van der Waals surface area contributed by atoms with E-state index in [1.54, 1.807) is 0 Å². The van der Waals surface area contributed by atoms with E-state index in [2.05, 4.69) is 23.4 Å². The Labute approximate surface area is 113 Å². The number of hydrogen-bond acceptors (Lipinski definition) is 2. The van der Waals surface area contributed by atoms with Crippen LogP contribution in [0.25, 0.3) is 0 Å². The van der Waals surface area contributed by atoms with Crippen molar-refractivity contribution in [1.29, 1.82) is 0 Å². The molecule has 0 saturated heterocycles. The molecule has 0 aliphatic rings.